The monoisotopic (exact) mass is 256 g/mol. The quantitative estimate of drug-likeness (QED) is 0.913. The smallest absolute Gasteiger partial charge is 0.315 e. The van der Waals surface area contributed by atoms with Gasteiger partial charge in [-0.1, -0.05) is 36.4 Å². The first-order valence-corrected chi connectivity index (χ1v) is 6.05. The normalized spacial score (nSPS) is 11.9. The maximum Gasteiger partial charge on any atom is 0.315 e. The van der Waals surface area contributed by atoms with Crippen LogP contribution in [0.5, 0.6) is 5.75 Å². The molecule has 2 aromatic rings. The van der Waals surface area contributed by atoms with Gasteiger partial charge in [0.1, 0.15) is 11.7 Å². The van der Waals surface area contributed by atoms with E-state index in [1.54, 1.807) is 31.4 Å². The van der Waals surface area contributed by atoms with Crippen molar-refractivity contribution in [3.05, 3.63) is 65.2 Å². The zero-order chi connectivity index (χ0) is 13.8. The van der Waals surface area contributed by atoms with E-state index in [2.05, 4.69) is 0 Å². The SMILES string of the molecule is COc1ccc(C(C(=O)O)c2ccccc2C)cc1. The Morgan fingerprint density at radius 2 is 1.74 bits per heavy atom. The summed E-state index contributed by atoms with van der Waals surface area (Å²) in [5.41, 5.74) is 2.55. The Labute approximate surface area is 112 Å². The molecule has 2 aromatic carbocycles. The Kier molecular flexibility index (Phi) is 3.85. The van der Waals surface area contributed by atoms with Crippen molar-refractivity contribution in [3.8, 4) is 5.75 Å². The number of methoxy groups -OCH3 is 1. The number of aliphatic carboxylic acids is 1. The van der Waals surface area contributed by atoms with Crippen LogP contribution >= 0.6 is 0 Å². The molecule has 0 bridgehead atoms. The fourth-order valence-corrected chi connectivity index (χ4v) is 2.16. The summed E-state index contributed by atoms with van der Waals surface area (Å²) in [5, 5.41) is 9.50. The number of hydrogen-bond acceptors (Lipinski definition) is 2. The summed E-state index contributed by atoms with van der Waals surface area (Å²) >= 11 is 0. The van der Waals surface area contributed by atoms with Gasteiger partial charge in [0.2, 0.25) is 0 Å². The predicted molar refractivity (Wildman–Crippen MR) is 73.7 cm³/mol. The van der Waals surface area contributed by atoms with E-state index in [9.17, 15) is 9.90 Å². The maximum absolute atomic E-state index is 11.6. The van der Waals surface area contributed by atoms with E-state index in [1.165, 1.54) is 0 Å². The zero-order valence-corrected chi connectivity index (χ0v) is 11.0. The van der Waals surface area contributed by atoms with Gasteiger partial charge in [0, 0.05) is 0 Å². The van der Waals surface area contributed by atoms with Crippen LogP contribution in [0, 0.1) is 6.92 Å². The van der Waals surface area contributed by atoms with Gasteiger partial charge in [0.05, 0.1) is 7.11 Å². The molecule has 0 aromatic heterocycles. The van der Waals surface area contributed by atoms with E-state index in [0.717, 1.165) is 22.4 Å². The fraction of sp³-hybridized carbons (Fsp3) is 0.188. The minimum Gasteiger partial charge on any atom is -0.497 e. The van der Waals surface area contributed by atoms with Gasteiger partial charge in [-0.3, -0.25) is 4.79 Å². The Hall–Kier alpha value is -2.29. The molecule has 2 rings (SSSR count). The first-order chi connectivity index (χ1) is 9.13. The molecule has 1 N–H and O–H groups in total. The minimum absolute atomic E-state index is 0.646. The van der Waals surface area contributed by atoms with Crippen LogP contribution in [0.1, 0.15) is 22.6 Å². The lowest BCUT2D eigenvalue weighted by molar-refractivity contribution is -0.137. The van der Waals surface area contributed by atoms with Crippen molar-refractivity contribution < 1.29 is 14.6 Å². The average molecular weight is 256 g/mol. The van der Waals surface area contributed by atoms with Crippen LogP contribution in [-0.4, -0.2) is 18.2 Å². The lowest BCUT2D eigenvalue weighted by Crippen LogP contribution is -2.14. The molecule has 0 saturated heterocycles. The van der Waals surface area contributed by atoms with Crippen molar-refractivity contribution in [1.29, 1.82) is 0 Å². The summed E-state index contributed by atoms with van der Waals surface area (Å²) in [6, 6.07) is 14.7. The van der Waals surface area contributed by atoms with Crippen molar-refractivity contribution in [2.75, 3.05) is 7.11 Å². The molecule has 1 unspecified atom stereocenters. The molecule has 0 aliphatic carbocycles. The van der Waals surface area contributed by atoms with Crippen LogP contribution in [0.4, 0.5) is 0 Å². The first kappa shape index (κ1) is 13.1. The van der Waals surface area contributed by atoms with Crippen molar-refractivity contribution in [1.82, 2.24) is 0 Å². The first-order valence-electron chi connectivity index (χ1n) is 6.05. The number of ether oxygens (including phenoxy) is 1. The van der Waals surface area contributed by atoms with Crippen molar-refractivity contribution >= 4 is 5.97 Å². The van der Waals surface area contributed by atoms with E-state index < -0.39 is 11.9 Å². The van der Waals surface area contributed by atoms with Gasteiger partial charge in [-0.05, 0) is 35.7 Å². The van der Waals surface area contributed by atoms with Gasteiger partial charge >= 0.3 is 5.97 Å². The molecule has 3 nitrogen and oxygen atoms in total. The summed E-state index contributed by atoms with van der Waals surface area (Å²) < 4.78 is 5.09. The average Bonchev–Trinajstić information content (AvgIpc) is 2.42. The third kappa shape index (κ3) is 2.76. The highest BCUT2D eigenvalue weighted by Crippen LogP contribution is 2.28. The summed E-state index contributed by atoms with van der Waals surface area (Å²) in [6.07, 6.45) is 0. The topological polar surface area (TPSA) is 46.5 Å². The van der Waals surface area contributed by atoms with Crippen molar-refractivity contribution in [2.45, 2.75) is 12.8 Å². The second-order valence-corrected chi connectivity index (χ2v) is 4.40. The molecule has 0 aliphatic rings. The lowest BCUT2D eigenvalue weighted by Gasteiger charge is -2.16. The number of rotatable bonds is 4. The van der Waals surface area contributed by atoms with Gasteiger partial charge < -0.3 is 9.84 Å². The molecule has 0 amide bonds. The zero-order valence-electron chi connectivity index (χ0n) is 11.0. The number of hydrogen-bond donors (Lipinski definition) is 1. The molecular formula is C16H16O3. The second kappa shape index (κ2) is 5.57. The van der Waals surface area contributed by atoms with Crippen LogP contribution in [-0.2, 0) is 4.79 Å². The van der Waals surface area contributed by atoms with E-state index in [-0.39, 0.29) is 0 Å². The highest BCUT2D eigenvalue weighted by Gasteiger charge is 2.23. The third-order valence-corrected chi connectivity index (χ3v) is 3.20. The van der Waals surface area contributed by atoms with Gasteiger partial charge in [0.15, 0.2) is 0 Å². The Morgan fingerprint density at radius 3 is 2.26 bits per heavy atom. The molecule has 0 fully saturated rings. The number of benzene rings is 2. The van der Waals surface area contributed by atoms with E-state index >= 15 is 0 Å². The molecule has 0 heterocycles. The van der Waals surface area contributed by atoms with Gasteiger partial charge in [-0.15, -0.1) is 0 Å². The van der Waals surface area contributed by atoms with E-state index in [4.69, 9.17) is 4.74 Å². The molecule has 98 valence electrons. The maximum atomic E-state index is 11.6. The number of carboxylic acid groups (broad SMARTS) is 1. The van der Waals surface area contributed by atoms with Crippen molar-refractivity contribution in [2.24, 2.45) is 0 Å². The summed E-state index contributed by atoms with van der Waals surface area (Å²) in [6.45, 7) is 1.93. The van der Waals surface area contributed by atoms with E-state index in [1.807, 2.05) is 31.2 Å². The molecule has 1 atom stereocenters. The molecule has 0 saturated carbocycles. The standard InChI is InChI=1S/C16H16O3/c1-11-5-3-4-6-14(11)15(16(17)18)12-7-9-13(19-2)10-8-12/h3-10,15H,1-2H3,(H,17,18). The summed E-state index contributed by atoms with van der Waals surface area (Å²) in [5.74, 6) is -0.774. The van der Waals surface area contributed by atoms with E-state index in [0.29, 0.717) is 0 Å². The molecule has 19 heavy (non-hydrogen) atoms. The van der Waals surface area contributed by atoms with Gasteiger partial charge in [0.25, 0.3) is 0 Å². The fourth-order valence-electron chi connectivity index (χ4n) is 2.16. The number of carboxylic acids is 1. The highest BCUT2D eigenvalue weighted by molar-refractivity contribution is 5.81. The van der Waals surface area contributed by atoms with Crippen LogP contribution in [0.25, 0.3) is 0 Å². The van der Waals surface area contributed by atoms with Gasteiger partial charge in [-0.25, -0.2) is 0 Å². The molecule has 0 aliphatic heterocycles. The Morgan fingerprint density at radius 1 is 1.11 bits per heavy atom. The molecular weight excluding hydrogens is 240 g/mol. The molecule has 0 spiro atoms. The van der Waals surface area contributed by atoms with Crippen LogP contribution in [0.3, 0.4) is 0 Å². The largest absolute Gasteiger partial charge is 0.497 e. The second-order valence-electron chi connectivity index (χ2n) is 4.40. The van der Waals surface area contributed by atoms with Gasteiger partial charge in [-0.2, -0.15) is 0 Å². The highest BCUT2D eigenvalue weighted by atomic mass is 16.5. The molecule has 3 heteroatoms. The number of aryl methyl sites for hydroxylation is 1. The Balaban J connectivity index is 2.46. The summed E-state index contributed by atoms with van der Waals surface area (Å²) in [4.78, 5) is 11.6. The van der Waals surface area contributed by atoms with Crippen molar-refractivity contribution in [3.63, 3.8) is 0 Å². The van der Waals surface area contributed by atoms with Crippen LogP contribution < -0.4 is 4.74 Å². The summed E-state index contributed by atoms with van der Waals surface area (Å²) in [7, 11) is 1.59. The lowest BCUT2D eigenvalue weighted by atomic mass is 9.88. The van der Waals surface area contributed by atoms with Crippen LogP contribution in [0.15, 0.2) is 48.5 Å². The minimum atomic E-state index is -0.848. The number of carbonyl (C=O) groups is 1. The van der Waals surface area contributed by atoms with Crippen LogP contribution in [0.2, 0.25) is 0 Å². The Bertz CT molecular complexity index is 573. The predicted octanol–water partition coefficient (Wildman–Crippen LogP) is 3.22. The third-order valence-electron chi connectivity index (χ3n) is 3.20. The molecule has 0 radical (unpaired) electrons.